The first-order valence-corrected chi connectivity index (χ1v) is 7.35. The van der Waals surface area contributed by atoms with Crippen LogP contribution in [0.2, 0.25) is 0 Å². The molecule has 0 radical (unpaired) electrons. The van der Waals surface area contributed by atoms with E-state index in [0.29, 0.717) is 24.2 Å². The number of carbonyl (C=O) groups is 1. The Morgan fingerprint density at radius 3 is 2.86 bits per heavy atom. The van der Waals surface area contributed by atoms with Gasteiger partial charge in [0.2, 0.25) is 0 Å². The molecule has 1 aromatic heterocycles. The van der Waals surface area contributed by atoms with Crippen LogP contribution in [0.5, 0.6) is 0 Å². The van der Waals surface area contributed by atoms with Gasteiger partial charge in [0.05, 0.1) is 12.1 Å². The SMILES string of the molecule is CCCN(CC)CCNC(=O)c1cncc(C#CCN)c1. The van der Waals surface area contributed by atoms with Crippen molar-refractivity contribution >= 4 is 5.91 Å². The lowest BCUT2D eigenvalue weighted by Crippen LogP contribution is -2.35. The van der Waals surface area contributed by atoms with Crippen LogP contribution in [0, 0.1) is 11.8 Å². The Hall–Kier alpha value is -1.90. The molecule has 0 aliphatic rings. The van der Waals surface area contributed by atoms with Gasteiger partial charge >= 0.3 is 0 Å². The standard InChI is InChI=1S/C16H24N4O/c1-3-9-20(4-2)10-8-19-16(21)15-11-14(6-5-7-17)12-18-13-15/h11-13H,3-4,7-10,17H2,1-2H3,(H,19,21). The second kappa shape index (κ2) is 9.92. The monoisotopic (exact) mass is 288 g/mol. The fraction of sp³-hybridized carbons (Fsp3) is 0.500. The Bertz CT molecular complexity index is 504. The third-order valence-electron chi connectivity index (χ3n) is 3.04. The highest BCUT2D eigenvalue weighted by molar-refractivity contribution is 5.94. The summed E-state index contributed by atoms with van der Waals surface area (Å²) in [4.78, 5) is 18.4. The first-order valence-electron chi connectivity index (χ1n) is 7.35. The molecule has 0 aliphatic heterocycles. The summed E-state index contributed by atoms with van der Waals surface area (Å²) in [6.07, 6.45) is 4.29. The van der Waals surface area contributed by atoms with Crippen LogP contribution in [0.3, 0.4) is 0 Å². The van der Waals surface area contributed by atoms with Gasteiger partial charge in [0, 0.05) is 31.0 Å². The number of likely N-dealkylation sites (N-methyl/N-ethyl adjacent to an activating group) is 1. The largest absolute Gasteiger partial charge is 0.351 e. The smallest absolute Gasteiger partial charge is 0.252 e. The lowest BCUT2D eigenvalue weighted by atomic mass is 10.2. The number of hydrogen-bond donors (Lipinski definition) is 2. The van der Waals surface area contributed by atoms with E-state index in [9.17, 15) is 4.79 Å². The number of nitrogens with zero attached hydrogens (tertiary/aromatic N) is 2. The van der Waals surface area contributed by atoms with Crippen molar-refractivity contribution in [3.05, 3.63) is 29.6 Å². The van der Waals surface area contributed by atoms with Crippen LogP contribution in [0.4, 0.5) is 0 Å². The minimum atomic E-state index is -0.119. The maximum absolute atomic E-state index is 12.1. The first kappa shape index (κ1) is 17.2. The fourth-order valence-electron chi connectivity index (χ4n) is 1.96. The number of amides is 1. The summed E-state index contributed by atoms with van der Waals surface area (Å²) in [5.74, 6) is 5.50. The molecule has 0 aliphatic carbocycles. The molecule has 1 amide bonds. The van der Waals surface area contributed by atoms with Crippen molar-refractivity contribution in [2.75, 3.05) is 32.7 Å². The summed E-state index contributed by atoms with van der Waals surface area (Å²) in [7, 11) is 0. The van der Waals surface area contributed by atoms with Gasteiger partial charge in [0.15, 0.2) is 0 Å². The molecule has 0 unspecified atom stereocenters. The fourth-order valence-corrected chi connectivity index (χ4v) is 1.96. The molecule has 1 aromatic rings. The van der Waals surface area contributed by atoms with Crippen LogP contribution in [0.25, 0.3) is 0 Å². The van der Waals surface area contributed by atoms with Crippen molar-refractivity contribution in [2.24, 2.45) is 5.73 Å². The molecule has 3 N–H and O–H groups in total. The number of carbonyl (C=O) groups excluding carboxylic acids is 1. The van der Waals surface area contributed by atoms with Gasteiger partial charge in [0.1, 0.15) is 0 Å². The Morgan fingerprint density at radius 2 is 2.19 bits per heavy atom. The number of aromatic nitrogens is 1. The minimum Gasteiger partial charge on any atom is -0.351 e. The highest BCUT2D eigenvalue weighted by atomic mass is 16.1. The molecule has 0 fully saturated rings. The van der Waals surface area contributed by atoms with Gasteiger partial charge in [-0.15, -0.1) is 0 Å². The van der Waals surface area contributed by atoms with Gasteiger partial charge < -0.3 is 16.0 Å². The van der Waals surface area contributed by atoms with Crippen LogP contribution in [0.15, 0.2) is 18.5 Å². The predicted octanol–water partition coefficient (Wildman–Crippen LogP) is 0.854. The Morgan fingerprint density at radius 1 is 1.38 bits per heavy atom. The Balaban J connectivity index is 2.52. The molecule has 1 heterocycles. The second-order valence-corrected chi connectivity index (χ2v) is 4.66. The van der Waals surface area contributed by atoms with E-state index in [1.54, 1.807) is 18.5 Å². The maximum Gasteiger partial charge on any atom is 0.252 e. The van der Waals surface area contributed by atoms with Crippen molar-refractivity contribution in [2.45, 2.75) is 20.3 Å². The number of pyridine rings is 1. The van der Waals surface area contributed by atoms with E-state index in [1.165, 1.54) is 0 Å². The zero-order chi connectivity index (χ0) is 15.5. The van der Waals surface area contributed by atoms with Crippen molar-refractivity contribution in [1.82, 2.24) is 15.2 Å². The zero-order valence-electron chi connectivity index (χ0n) is 12.9. The summed E-state index contributed by atoms with van der Waals surface area (Å²) in [6, 6.07) is 1.73. The molecule has 5 nitrogen and oxygen atoms in total. The quantitative estimate of drug-likeness (QED) is 0.730. The molecule has 0 atom stereocenters. The molecule has 0 saturated heterocycles. The summed E-state index contributed by atoms with van der Waals surface area (Å²) < 4.78 is 0. The lowest BCUT2D eigenvalue weighted by Gasteiger charge is -2.19. The minimum absolute atomic E-state index is 0.119. The number of nitrogens with two attached hydrogens (primary N) is 1. The number of nitrogens with one attached hydrogen (secondary N) is 1. The Labute approximate surface area is 126 Å². The molecule has 21 heavy (non-hydrogen) atoms. The van der Waals surface area contributed by atoms with E-state index in [2.05, 4.69) is 40.9 Å². The third kappa shape index (κ3) is 6.39. The second-order valence-electron chi connectivity index (χ2n) is 4.66. The van der Waals surface area contributed by atoms with Gasteiger partial charge in [-0.1, -0.05) is 25.7 Å². The van der Waals surface area contributed by atoms with Gasteiger partial charge in [0.25, 0.3) is 5.91 Å². The first-order chi connectivity index (χ1) is 10.2. The van der Waals surface area contributed by atoms with E-state index in [-0.39, 0.29) is 5.91 Å². The average Bonchev–Trinajstić information content (AvgIpc) is 2.52. The normalized spacial score (nSPS) is 10.1. The molecule has 0 bridgehead atoms. The van der Waals surface area contributed by atoms with Crippen molar-refractivity contribution < 1.29 is 4.79 Å². The average molecular weight is 288 g/mol. The van der Waals surface area contributed by atoms with Gasteiger partial charge in [-0.3, -0.25) is 9.78 Å². The van der Waals surface area contributed by atoms with E-state index >= 15 is 0 Å². The molecular formula is C16H24N4O. The molecule has 5 heteroatoms. The van der Waals surface area contributed by atoms with E-state index in [0.717, 1.165) is 26.1 Å². The van der Waals surface area contributed by atoms with Gasteiger partial charge in [-0.25, -0.2) is 0 Å². The van der Waals surface area contributed by atoms with E-state index < -0.39 is 0 Å². The highest BCUT2D eigenvalue weighted by Crippen LogP contribution is 2.01. The summed E-state index contributed by atoms with van der Waals surface area (Å²) >= 11 is 0. The predicted molar refractivity (Wildman–Crippen MR) is 84.9 cm³/mol. The highest BCUT2D eigenvalue weighted by Gasteiger charge is 2.07. The molecule has 0 aromatic carbocycles. The van der Waals surface area contributed by atoms with Crippen LogP contribution in [-0.4, -0.2) is 48.5 Å². The number of rotatable bonds is 7. The van der Waals surface area contributed by atoms with E-state index in [1.807, 2.05) is 0 Å². The van der Waals surface area contributed by atoms with Crippen LogP contribution in [0.1, 0.15) is 36.2 Å². The lowest BCUT2D eigenvalue weighted by molar-refractivity contribution is 0.0948. The van der Waals surface area contributed by atoms with Crippen LogP contribution >= 0.6 is 0 Å². The molecule has 0 spiro atoms. The van der Waals surface area contributed by atoms with Gasteiger partial charge in [-0.05, 0) is 25.6 Å². The number of hydrogen-bond acceptors (Lipinski definition) is 4. The summed E-state index contributed by atoms with van der Waals surface area (Å²) in [5.41, 5.74) is 6.56. The van der Waals surface area contributed by atoms with Crippen LogP contribution < -0.4 is 11.1 Å². The summed E-state index contributed by atoms with van der Waals surface area (Å²) in [6.45, 7) is 8.11. The topological polar surface area (TPSA) is 71.2 Å². The molecule has 114 valence electrons. The van der Waals surface area contributed by atoms with Crippen molar-refractivity contribution in [3.63, 3.8) is 0 Å². The van der Waals surface area contributed by atoms with Crippen LogP contribution in [-0.2, 0) is 0 Å². The van der Waals surface area contributed by atoms with Crippen molar-refractivity contribution in [1.29, 1.82) is 0 Å². The molecule has 1 rings (SSSR count). The maximum atomic E-state index is 12.1. The molecular weight excluding hydrogens is 264 g/mol. The zero-order valence-corrected chi connectivity index (χ0v) is 12.9. The van der Waals surface area contributed by atoms with Crippen molar-refractivity contribution in [3.8, 4) is 11.8 Å². The van der Waals surface area contributed by atoms with Gasteiger partial charge in [-0.2, -0.15) is 0 Å². The Kier molecular flexibility index (Phi) is 8.10. The summed E-state index contributed by atoms with van der Waals surface area (Å²) in [5, 5.41) is 2.91. The third-order valence-corrected chi connectivity index (χ3v) is 3.04. The van der Waals surface area contributed by atoms with E-state index in [4.69, 9.17) is 5.73 Å². The molecule has 0 saturated carbocycles.